The SMILES string of the molecule is Cc1nc2ccccc2n1-c1ccc(C(=O)N2CC[C@@H](O)C2)cc1. The molecular formula is C19H19N3O2. The highest BCUT2D eigenvalue weighted by Gasteiger charge is 2.25. The summed E-state index contributed by atoms with van der Waals surface area (Å²) in [5, 5.41) is 9.59. The van der Waals surface area contributed by atoms with Crippen LogP contribution >= 0.6 is 0 Å². The molecule has 1 amide bonds. The van der Waals surface area contributed by atoms with Gasteiger partial charge in [-0.05, 0) is 49.7 Å². The van der Waals surface area contributed by atoms with Crippen molar-refractivity contribution in [2.75, 3.05) is 13.1 Å². The summed E-state index contributed by atoms with van der Waals surface area (Å²) in [6, 6.07) is 15.6. The Bertz CT molecular complexity index is 899. The molecule has 5 heteroatoms. The van der Waals surface area contributed by atoms with Gasteiger partial charge in [0.05, 0.1) is 17.1 Å². The third-order valence-corrected chi connectivity index (χ3v) is 4.55. The highest BCUT2D eigenvalue weighted by Crippen LogP contribution is 2.22. The number of aromatic nitrogens is 2. The molecule has 1 aliphatic rings. The number of para-hydroxylation sites is 2. The number of carbonyl (C=O) groups excluding carboxylic acids is 1. The second kappa shape index (κ2) is 5.76. The lowest BCUT2D eigenvalue weighted by molar-refractivity contribution is 0.0765. The number of aliphatic hydroxyl groups is 1. The zero-order chi connectivity index (χ0) is 16.7. The molecule has 1 aromatic heterocycles. The van der Waals surface area contributed by atoms with Crippen molar-refractivity contribution < 1.29 is 9.90 Å². The van der Waals surface area contributed by atoms with Crippen molar-refractivity contribution in [1.29, 1.82) is 0 Å². The smallest absolute Gasteiger partial charge is 0.253 e. The van der Waals surface area contributed by atoms with E-state index in [0.717, 1.165) is 22.5 Å². The molecule has 1 saturated heterocycles. The standard InChI is InChI=1S/C19H19N3O2/c1-13-20-17-4-2-3-5-18(17)22(13)15-8-6-14(7-9-15)19(24)21-11-10-16(23)12-21/h2-9,16,23H,10-12H2,1H3/t16-/m1/s1. The van der Waals surface area contributed by atoms with Gasteiger partial charge in [-0.2, -0.15) is 0 Å². The Morgan fingerprint density at radius 3 is 2.62 bits per heavy atom. The number of aliphatic hydroxyl groups excluding tert-OH is 1. The molecule has 1 atom stereocenters. The fraction of sp³-hybridized carbons (Fsp3) is 0.263. The third-order valence-electron chi connectivity index (χ3n) is 4.55. The predicted octanol–water partition coefficient (Wildman–Crippen LogP) is 2.54. The van der Waals surface area contributed by atoms with Crippen LogP contribution in [0.2, 0.25) is 0 Å². The number of hydrogen-bond donors (Lipinski definition) is 1. The maximum absolute atomic E-state index is 12.5. The zero-order valence-electron chi connectivity index (χ0n) is 13.5. The van der Waals surface area contributed by atoms with E-state index in [-0.39, 0.29) is 5.91 Å². The molecule has 0 bridgehead atoms. The normalized spacial score (nSPS) is 17.6. The van der Waals surface area contributed by atoms with Crippen LogP contribution in [0.1, 0.15) is 22.6 Å². The molecule has 5 nitrogen and oxygen atoms in total. The van der Waals surface area contributed by atoms with Crippen LogP contribution in [-0.2, 0) is 0 Å². The number of hydrogen-bond acceptors (Lipinski definition) is 3. The predicted molar refractivity (Wildman–Crippen MR) is 92.3 cm³/mol. The molecule has 24 heavy (non-hydrogen) atoms. The van der Waals surface area contributed by atoms with Gasteiger partial charge in [0.2, 0.25) is 0 Å². The van der Waals surface area contributed by atoms with Crippen LogP contribution in [0.5, 0.6) is 0 Å². The van der Waals surface area contributed by atoms with E-state index in [1.165, 1.54) is 0 Å². The second-order valence-corrected chi connectivity index (χ2v) is 6.22. The number of imidazole rings is 1. The first-order valence-corrected chi connectivity index (χ1v) is 8.15. The molecule has 0 spiro atoms. The number of nitrogens with zero attached hydrogens (tertiary/aromatic N) is 3. The minimum atomic E-state index is -0.395. The molecule has 3 aromatic rings. The molecule has 2 heterocycles. The molecule has 0 radical (unpaired) electrons. The van der Waals surface area contributed by atoms with Gasteiger partial charge in [-0.3, -0.25) is 9.36 Å². The number of carbonyl (C=O) groups is 1. The number of rotatable bonds is 2. The quantitative estimate of drug-likeness (QED) is 0.789. The Balaban J connectivity index is 1.66. The number of fused-ring (bicyclic) bond motifs is 1. The summed E-state index contributed by atoms with van der Waals surface area (Å²) in [6.45, 7) is 3.02. The van der Waals surface area contributed by atoms with Gasteiger partial charge >= 0.3 is 0 Å². The van der Waals surface area contributed by atoms with Crippen LogP contribution in [-0.4, -0.2) is 44.7 Å². The fourth-order valence-corrected chi connectivity index (χ4v) is 3.33. The van der Waals surface area contributed by atoms with Crippen molar-refractivity contribution in [3.8, 4) is 5.69 Å². The first-order chi connectivity index (χ1) is 11.6. The van der Waals surface area contributed by atoms with Gasteiger partial charge in [-0.25, -0.2) is 4.98 Å². The largest absolute Gasteiger partial charge is 0.391 e. The lowest BCUT2D eigenvalue weighted by Gasteiger charge is -2.16. The molecule has 4 rings (SSSR count). The summed E-state index contributed by atoms with van der Waals surface area (Å²) >= 11 is 0. The van der Waals surface area contributed by atoms with E-state index in [9.17, 15) is 9.90 Å². The second-order valence-electron chi connectivity index (χ2n) is 6.22. The van der Waals surface area contributed by atoms with Crippen LogP contribution < -0.4 is 0 Å². The van der Waals surface area contributed by atoms with E-state index in [0.29, 0.717) is 25.1 Å². The van der Waals surface area contributed by atoms with Crippen LogP contribution in [0.4, 0.5) is 0 Å². The summed E-state index contributed by atoms with van der Waals surface area (Å²) in [5.41, 5.74) is 3.65. The van der Waals surface area contributed by atoms with E-state index in [4.69, 9.17) is 0 Å². The molecule has 1 fully saturated rings. The summed E-state index contributed by atoms with van der Waals surface area (Å²) in [6.07, 6.45) is 0.262. The summed E-state index contributed by atoms with van der Waals surface area (Å²) in [5.74, 6) is 0.892. The number of benzene rings is 2. The molecule has 0 unspecified atom stereocenters. The van der Waals surface area contributed by atoms with Gasteiger partial charge in [-0.1, -0.05) is 12.1 Å². The highest BCUT2D eigenvalue weighted by atomic mass is 16.3. The summed E-state index contributed by atoms with van der Waals surface area (Å²) in [7, 11) is 0. The van der Waals surface area contributed by atoms with Gasteiger partial charge in [0.15, 0.2) is 0 Å². The first-order valence-electron chi connectivity index (χ1n) is 8.15. The number of amides is 1. The Kier molecular flexibility index (Phi) is 3.58. The van der Waals surface area contributed by atoms with Gasteiger partial charge in [-0.15, -0.1) is 0 Å². The van der Waals surface area contributed by atoms with E-state index >= 15 is 0 Å². The van der Waals surface area contributed by atoms with Crippen molar-refractivity contribution in [2.45, 2.75) is 19.4 Å². The molecule has 0 saturated carbocycles. The molecule has 122 valence electrons. The maximum Gasteiger partial charge on any atom is 0.253 e. The Hall–Kier alpha value is -2.66. The maximum atomic E-state index is 12.5. The Labute approximate surface area is 140 Å². The van der Waals surface area contributed by atoms with Crippen molar-refractivity contribution >= 4 is 16.9 Å². The van der Waals surface area contributed by atoms with Gasteiger partial charge in [0, 0.05) is 24.3 Å². The minimum absolute atomic E-state index is 0.0229. The minimum Gasteiger partial charge on any atom is -0.391 e. The van der Waals surface area contributed by atoms with Gasteiger partial charge < -0.3 is 10.0 Å². The third kappa shape index (κ3) is 2.47. The van der Waals surface area contributed by atoms with Crippen LogP contribution in [0.3, 0.4) is 0 Å². The number of likely N-dealkylation sites (tertiary alicyclic amines) is 1. The summed E-state index contributed by atoms with van der Waals surface area (Å²) < 4.78 is 2.09. The van der Waals surface area contributed by atoms with E-state index in [2.05, 4.69) is 9.55 Å². The number of aryl methyl sites for hydroxylation is 1. The lowest BCUT2D eigenvalue weighted by Crippen LogP contribution is -2.29. The van der Waals surface area contributed by atoms with E-state index in [1.54, 1.807) is 4.90 Å². The molecular weight excluding hydrogens is 302 g/mol. The number of β-amino-alcohol motifs (C(OH)–C–C–N with tert-alkyl or cyclic N) is 1. The van der Waals surface area contributed by atoms with Crippen molar-refractivity contribution in [3.05, 3.63) is 59.9 Å². The van der Waals surface area contributed by atoms with E-state index in [1.807, 2.05) is 55.5 Å². The molecule has 0 aliphatic carbocycles. The Morgan fingerprint density at radius 1 is 1.17 bits per heavy atom. The monoisotopic (exact) mass is 321 g/mol. The van der Waals surface area contributed by atoms with Crippen LogP contribution in [0.25, 0.3) is 16.7 Å². The molecule has 1 N–H and O–H groups in total. The molecule has 1 aliphatic heterocycles. The zero-order valence-corrected chi connectivity index (χ0v) is 13.5. The van der Waals surface area contributed by atoms with Crippen molar-refractivity contribution in [3.63, 3.8) is 0 Å². The molecule has 2 aromatic carbocycles. The van der Waals surface area contributed by atoms with Crippen molar-refractivity contribution in [1.82, 2.24) is 14.5 Å². The topological polar surface area (TPSA) is 58.4 Å². The van der Waals surface area contributed by atoms with Gasteiger partial charge in [0.25, 0.3) is 5.91 Å². The average Bonchev–Trinajstić information content (AvgIpc) is 3.17. The average molecular weight is 321 g/mol. The fourth-order valence-electron chi connectivity index (χ4n) is 3.33. The summed E-state index contributed by atoms with van der Waals surface area (Å²) in [4.78, 5) is 18.7. The van der Waals surface area contributed by atoms with Crippen molar-refractivity contribution in [2.24, 2.45) is 0 Å². The van der Waals surface area contributed by atoms with Gasteiger partial charge in [0.1, 0.15) is 5.82 Å². The lowest BCUT2D eigenvalue weighted by atomic mass is 10.1. The van der Waals surface area contributed by atoms with Crippen LogP contribution in [0.15, 0.2) is 48.5 Å². The highest BCUT2D eigenvalue weighted by molar-refractivity contribution is 5.94. The van der Waals surface area contributed by atoms with Crippen LogP contribution in [0, 0.1) is 6.92 Å². The van der Waals surface area contributed by atoms with E-state index < -0.39 is 6.10 Å². The Morgan fingerprint density at radius 2 is 1.92 bits per heavy atom. The first kappa shape index (κ1) is 14.9.